The van der Waals surface area contributed by atoms with Crippen LogP contribution in [0, 0.1) is 11.8 Å². The highest BCUT2D eigenvalue weighted by atomic mass is 35.5. The van der Waals surface area contributed by atoms with Gasteiger partial charge in [0.1, 0.15) is 5.88 Å². The van der Waals surface area contributed by atoms with Crippen LogP contribution in [0.2, 0.25) is 0 Å². The minimum atomic E-state index is -0.0239. The third-order valence-electron chi connectivity index (χ3n) is 3.14. The summed E-state index contributed by atoms with van der Waals surface area (Å²) >= 11 is 5.49. The van der Waals surface area contributed by atoms with Crippen LogP contribution in [-0.2, 0) is 4.79 Å². The van der Waals surface area contributed by atoms with E-state index in [1.165, 1.54) is 19.3 Å². The molecule has 3 heteroatoms. The lowest BCUT2D eigenvalue weighted by Gasteiger charge is -2.34. The van der Waals surface area contributed by atoms with Gasteiger partial charge in [0.05, 0.1) is 0 Å². The third-order valence-corrected chi connectivity index (χ3v) is 3.39. The summed E-state index contributed by atoms with van der Waals surface area (Å²) in [5.41, 5.74) is 0. The minimum Gasteiger partial charge on any atom is -0.352 e. The molecule has 0 bridgehead atoms. The largest absolute Gasteiger partial charge is 0.352 e. The van der Waals surface area contributed by atoms with Gasteiger partial charge in [-0.3, -0.25) is 4.79 Å². The summed E-state index contributed by atoms with van der Waals surface area (Å²) in [6, 6.07) is 0.356. The second kappa shape index (κ2) is 5.59. The van der Waals surface area contributed by atoms with Crippen LogP contribution in [0.3, 0.4) is 0 Å². The van der Waals surface area contributed by atoms with Crippen molar-refractivity contribution in [1.82, 2.24) is 5.32 Å². The molecule has 0 radical (unpaired) electrons. The van der Waals surface area contributed by atoms with E-state index in [9.17, 15) is 4.79 Å². The van der Waals surface area contributed by atoms with Crippen LogP contribution >= 0.6 is 11.6 Å². The van der Waals surface area contributed by atoms with Crippen molar-refractivity contribution in [2.45, 2.75) is 45.6 Å². The van der Waals surface area contributed by atoms with E-state index in [0.29, 0.717) is 17.9 Å². The van der Waals surface area contributed by atoms with Crippen molar-refractivity contribution in [3.63, 3.8) is 0 Å². The molecular weight excluding hydrogens is 198 g/mol. The molecule has 2 unspecified atom stereocenters. The number of nitrogens with one attached hydrogen (secondary N) is 1. The first-order valence-corrected chi connectivity index (χ1v) is 6.04. The summed E-state index contributed by atoms with van der Waals surface area (Å²) < 4.78 is 0. The van der Waals surface area contributed by atoms with Crippen LogP contribution in [0.15, 0.2) is 0 Å². The van der Waals surface area contributed by atoms with E-state index in [4.69, 9.17) is 11.6 Å². The van der Waals surface area contributed by atoms with Gasteiger partial charge in [0.15, 0.2) is 0 Å². The van der Waals surface area contributed by atoms with Crippen molar-refractivity contribution in [3.05, 3.63) is 0 Å². The molecular formula is C11H20ClNO. The number of rotatable bonds is 3. The highest BCUT2D eigenvalue weighted by molar-refractivity contribution is 6.27. The molecule has 1 fully saturated rings. The molecule has 0 aliphatic heterocycles. The molecule has 0 aromatic heterocycles. The summed E-state index contributed by atoms with van der Waals surface area (Å²) in [5.74, 6) is 1.34. The SMILES string of the molecule is CC(C)C1CCCCC1NC(=O)CCl. The second-order valence-corrected chi connectivity index (χ2v) is 4.77. The first-order chi connectivity index (χ1) is 6.65. The fourth-order valence-corrected chi connectivity index (χ4v) is 2.46. The van der Waals surface area contributed by atoms with Gasteiger partial charge in [0.2, 0.25) is 5.91 Å². The zero-order valence-corrected chi connectivity index (χ0v) is 9.81. The Labute approximate surface area is 91.4 Å². The van der Waals surface area contributed by atoms with Crippen LogP contribution in [-0.4, -0.2) is 17.8 Å². The van der Waals surface area contributed by atoms with Crippen LogP contribution in [0.4, 0.5) is 0 Å². The van der Waals surface area contributed by atoms with E-state index < -0.39 is 0 Å². The summed E-state index contributed by atoms with van der Waals surface area (Å²) in [4.78, 5) is 11.2. The first kappa shape index (κ1) is 11.8. The second-order valence-electron chi connectivity index (χ2n) is 4.50. The lowest BCUT2D eigenvalue weighted by atomic mass is 9.78. The summed E-state index contributed by atoms with van der Waals surface area (Å²) in [6.45, 7) is 4.46. The van der Waals surface area contributed by atoms with Gasteiger partial charge >= 0.3 is 0 Å². The van der Waals surface area contributed by atoms with E-state index in [1.807, 2.05) is 0 Å². The van der Waals surface area contributed by atoms with Gasteiger partial charge in [-0.1, -0.05) is 26.7 Å². The summed E-state index contributed by atoms with van der Waals surface area (Å²) in [7, 11) is 0. The molecule has 1 aliphatic carbocycles. The van der Waals surface area contributed by atoms with Crippen molar-refractivity contribution in [3.8, 4) is 0 Å². The van der Waals surface area contributed by atoms with Gasteiger partial charge in [-0.2, -0.15) is 0 Å². The van der Waals surface area contributed by atoms with Crippen LogP contribution < -0.4 is 5.32 Å². The van der Waals surface area contributed by atoms with E-state index in [-0.39, 0.29) is 11.8 Å². The Morgan fingerprint density at radius 3 is 2.64 bits per heavy atom. The van der Waals surface area contributed by atoms with Gasteiger partial charge in [-0.05, 0) is 24.7 Å². The molecule has 1 N–H and O–H groups in total. The standard InChI is InChI=1S/C11H20ClNO/c1-8(2)9-5-3-4-6-10(9)13-11(14)7-12/h8-10H,3-7H2,1-2H3,(H,13,14). The zero-order chi connectivity index (χ0) is 10.6. The lowest BCUT2D eigenvalue weighted by Crippen LogP contribution is -2.44. The Bertz CT molecular complexity index is 194. The maximum atomic E-state index is 11.2. The smallest absolute Gasteiger partial charge is 0.235 e. The fraction of sp³-hybridized carbons (Fsp3) is 0.909. The van der Waals surface area contributed by atoms with E-state index >= 15 is 0 Å². The molecule has 0 spiro atoms. The average Bonchev–Trinajstić information content (AvgIpc) is 2.18. The number of carbonyl (C=O) groups excluding carboxylic acids is 1. The lowest BCUT2D eigenvalue weighted by molar-refractivity contribution is -0.120. The monoisotopic (exact) mass is 217 g/mol. The molecule has 1 saturated carbocycles. The average molecular weight is 218 g/mol. The van der Waals surface area contributed by atoms with Gasteiger partial charge < -0.3 is 5.32 Å². The molecule has 0 aromatic rings. The van der Waals surface area contributed by atoms with Crippen LogP contribution in [0.25, 0.3) is 0 Å². The number of hydrogen-bond donors (Lipinski definition) is 1. The Morgan fingerprint density at radius 2 is 2.07 bits per heavy atom. The molecule has 0 aromatic carbocycles. The number of carbonyl (C=O) groups is 1. The number of amides is 1. The number of halogens is 1. The molecule has 1 rings (SSSR count). The van der Waals surface area contributed by atoms with Crippen LogP contribution in [0.5, 0.6) is 0 Å². The molecule has 1 amide bonds. The molecule has 0 heterocycles. The number of alkyl halides is 1. The van der Waals surface area contributed by atoms with Gasteiger partial charge in [-0.25, -0.2) is 0 Å². The molecule has 14 heavy (non-hydrogen) atoms. The first-order valence-electron chi connectivity index (χ1n) is 5.50. The summed E-state index contributed by atoms with van der Waals surface area (Å²) in [5, 5.41) is 3.03. The topological polar surface area (TPSA) is 29.1 Å². The van der Waals surface area contributed by atoms with Gasteiger partial charge in [0.25, 0.3) is 0 Å². The van der Waals surface area contributed by atoms with Gasteiger partial charge in [0, 0.05) is 6.04 Å². The highest BCUT2D eigenvalue weighted by Gasteiger charge is 2.28. The molecule has 1 aliphatic rings. The van der Waals surface area contributed by atoms with Crippen molar-refractivity contribution in [1.29, 1.82) is 0 Å². The van der Waals surface area contributed by atoms with Gasteiger partial charge in [-0.15, -0.1) is 11.6 Å². The third kappa shape index (κ3) is 3.16. The quantitative estimate of drug-likeness (QED) is 0.724. The highest BCUT2D eigenvalue weighted by Crippen LogP contribution is 2.30. The molecule has 82 valence electrons. The normalized spacial score (nSPS) is 27.7. The fourth-order valence-electron chi connectivity index (χ4n) is 2.38. The minimum absolute atomic E-state index is 0.0239. The zero-order valence-electron chi connectivity index (χ0n) is 9.05. The van der Waals surface area contributed by atoms with Crippen LogP contribution in [0.1, 0.15) is 39.5 Å². The number of hydrogen-bond acceptors (Lipinski definition) is 1. The van der Waals surface area contributed by atoms with Crippen molar-refractivity contribution < 1.29 is 4.79 Å². The van der Waals surface area contributed by atoms with E-state index in [1.54, 1.807) is 0 Å². The molecule has 2 atom stereocenters. The Balaban J connectivity index is 2.49. The predicted octanol–water partition coefficient (Wildman–Crippen LogP) is 2.56. The molecule has 2 nitrogen and oxygen atoms in total. The van der Waals surface area contributed by atoms with E-state index in [0.717, 1.165) is 6.42 Å². The maximum absolute atomic E-state index is 11.2. The van der Waals surface area contributed by atoms with Crippen molar-refractivity contribution in [2.24, 2.45) is 11.8 Å². The van der Waals surface area contributed by atoms with Crippen molar-refractivity contribution in [2.75, 3.05) is 5.88 Å². The Kier molecular flexibility index (Phi) is 4.73. The summed E-state index contributed by atoms with van der Waals surface area (Å²) in [6.07, 6.45) is 4.89. The predicted molar refractivity (Wildman–Crippen MR) is 59.4 cm³/mol. The Hall–Kier alpha value is -0.240. The Morgan fingerprint density at radius 1 is 1.43 bits per heavy atom. The van der Waals surface area contributed by atoms with E-state index in [2.05, 4.69) is 19.2 Å². The molecule has 0 saturated heterocycles. The van der Waals surface area contributed by atoms with Crippen molar-refractivity contribution >= 4 is 17.5 Å². The maximum Gasteiger partial charge on any atom is 0.235 e.